The minimum absolute atomic E-state index is 0.143. The smallest absolute Gasteiger partial charge is 0.226 e. The zero-order valence-electron chi connectivity index (χ0n) is 5.60. The highest BCUT2D eigenvalue weighted by molar-refractivity contribution is 5.45. The molecule has 0 saturated carbocycles. The number of aromatic hydroxyl groups is 1. The second-order valence-electron chi connectivity index (χ2n) is 2.17. The molecule has 0 radical (unpaired) electrons. The van der Waals surface area contributed by atoms with Crippen molar-refractivity contribution < 1.29 is 5.11 Å². The monoisotopic (exact) mass is 150 g/mol. The van der Waals surface area contributed by atoms with Crippen LogP contribution in [0, 0.1) is 0 Å². The van der Waals surface area contributed by atoms with E-state index in [-0.39, 0.29) is 11.7 Å². The number of aromatic nitrogens is 3. The summed E-state index contributed by atoms with van der Waals surface area (Å²) < 4.78 is 1.51. The van der Waals surface area contributed by atoms with Crippen LogP contribution in [0.5, 0.6) is 5.75 Å². The lowest BCUT2D eigenvalue weighted by molar-refractivity contribution is 0.472. The molecule has 2 rings (SSSR count). The predicted octanol–water partition coefficient (Wildman–Crippen LogP) is 0.0171. The van der Waals surface area contributed by atoms with Gasteiger partial charge in [0, 0.05) is 0 Å². The molecule has 2 aromatic rings. The molecular weight excluding hydrogens is 144 g/mol. The lowest BCUT2D eigenvalue weighted by Crippen LogP contribution is -1.92. The third-order valence-corrected chi connectivity index (χ3v) is 1.41. The van der Waals surface area contributed by atoms with Crippen molar-refractivity contribution in [3.8, 4) is 5.75 Å². The van der Waals surface area contributed by atoms with E-state index in [1.807, 2.05) is 0 Å². The SMILES string of the molecule is Nc1nnc2ccc(O)cn12. The maximum Gasteiger partial charge on any atom is 0.226 e. The standard InChI is InChI=1S/C6H6N4O/c7-6-9-8-5-2-1-4(11)3-10(5)6/h1-3,11H,(H2,7,9). The maximum atomic E-state index is 9.04. The summed E-state index contributed by atoms with van der Waals surface area (Å²) in [6.45, 7) is 0. The summed E-state index contributed by atoms with van der Waals surface area (Å²) in [7, 11) is 0. The highest BCUT2D eigenvalue weighted by atomic mass is 16.3. The molecule has 0 unspecified atom stereocenters. The van der Waals surface area contributed by atoms with Crippen LogP contribution < -0.4 is 5.73 Å². The fourth-order valence-electron chi connectivity index (χ4n) is 0.897. The molecule has 0 atom stereocenters. The van der Waals surface area contributed by atoms with Gasteiger partial charge in [0.15, 0.2) is 5.65 Å². The molecule has 2 heterocycles. The third-order valence-electron chi connectivity index (χ3n) is 1.41. The Morgan fingerprint density at radius 3 is 3.00 bits per heavy atom. The molecule has 3 N–H and O–H groups in total. The van der Waals surface area contributed by atoms with Gasteiger partial charge in [-0.2, -0.15) is 0 Å². The summed E-state index contributed by atoms with van der Waals surface area (Å²) in [5.41, 5.74) is 6.05. The van der Waals surface area contributed by atoms with Crippen molar-refractivity contribution in [1.82, 2.24) is 14.6 Å². The van der Waals surface area contributed by atoms with Crippen LogP contribution in [0.25, 0.3) is 5.65 Å². The minimum atomic E-state index is 0.143. The van der Waals surface area contributed by atoms with Gasteiger partial charge in [-0.05, 0) is 12.1 Å². The second-order valence-corrected chi connectivity index (χ2v) is 2.17. The summed E-state index contributed by atoms with van der Waals surface area (Å²) in [6, 6.07) is 3.17. The topological polar surface area (TPSA) is 76.4 Å². The van der Waals surface area contributed by atoms with E-state index >= 15 is 0 Å². The first-order valence-electron chi connectivity index (χ1n) is 3.06. The van der Waals surface area contributed by atoms with E-state index < -0.39 is 0 Å². The zero-order chi connectivity index (χ0) is 7.84. The number of fused-ring (bicyclic) bond motifs is 1. The van der Waals surface area contributed by atoms with Gasteiger partial charge in [-0.1, -0.05) is 0 Å². The Bertz CT molecular complexity index is 394. The number of nitrogens with zero attached hydrogens (tertiary/aromatic N) is 3. The van der Waals surface area contributed by atoms with Crippen molar-refractivity contribution in [2.75, 3.05) is 5.73 Å². The Labute approximate surface area is 62.1 Å². The molecule has 0 spiro atoms. The van der Waals surface area contributed by atoms with Crippen molar-refractivity contribution in [3.05, 3.63) is 18.3 Å². The highest BCUT2D eigenvalue weighted by Crippen LogP contribution is 2.11. The number of rotatable bonds is 0. The molecule has 0 aromatic carbocycles. The molecule has 0 fully saturated rings. The van der Waals surface area contributed by atoms with E-state index in [0.717, 1.165) is 0 Å². The van der Waals surface area contributed by atoms with Gasteiger partial charge in [-0.3, -0.25) is 4.40 Å². The molecule has 0 bridgehead atoms. The van der Waals surface area contributed by atoms with Gasteiger partial charge in [-0.25, -0.2) is 0 Å². The molecule has 0 aliphatic rings. The lowest BCUT2D eigenvalue weighted by Gasteiger charge is -1.93. The van der Waals surface area contributed by atoms with E-state index in [2.05, 4.69) is 10.2 Å². The number of hydrogen-bond acceptors (Lipinski definition) is 4. The van der Waals surface area contributed by atoms with Crippen LogP contribution in [0.4, 0.5) is 5.95 Å². The minimum Gasteiger partial charge on any atom is -0.506 e. The highest BCUT2D eigenvalue weighted by Gasteiger charge is 1.99. The molecule has 0 amide bonds. The molecule has 0 saturated heterocycles. The van der Waals surface area contributed by atoms with Crippen molar-refractivity contribution in [2.45, 2.75) is 0 Å². The van der Waals surface area contributed by atoms with Crippen LogP contribution in [-0.4, -0.2) is 19.7 Å². The number of anilines is 1. The van der Waals surface area contributed by atoms with Crippen molar-refractivity contribution in [2.24, 2.45) is 0 Å². The average Bonchev–Trinajstić information content (AvgIpc) is 2.33. The maximum absolute atomic E-state index is 9.04. The van der Waals surface area contributed by atoms with E-state index in [9.17, 15) is 0 Å². The summed E-state index contributed by atoms with van der Waals surface area (Å²) in [5, 5.41) is 16.4. The number of nitrogens with two attached hydrogens (primary N) is 1. The lowest BCUT2D eigenvalue weighted by atomic mass is 10.4. The number of nitrogen functional groups attached to an aromatic ring is 1. The van der Waals surface area contributed by atoms with Gasteiger partial charge in [-0.15, -0.1) is 10.2 Å². The normalized spacial score (nSPS) is 10.5. The molecule has 5 nitrogen and oxygen atoms in total. The van der Waals surface area contributed by atoms with Crippen LogP contribution in [0.1, 0.15) is 0 Å². The van der Waals surface area contributed by atoms with Gasteiger partial charge in [0.05, 0.1) is 6.20 Å². The second kappa shape index (κ2) is 1.85. The summed E-state index contributed by atoms with van der Waals surface area (Å²) in [4.78, 5) is 0. The van der Waals surface area contributed by atoms with E-state index in [1.54, 1.807) is 6.07 Å². The zero-order valence-corrected chi connectivity index (χ0v) is 5.60. The van der Waals surface area contributed by atoms with Gasteiger partial charge in [0.25, 0.3) is 0 Å². The Hall–Kier alpha value is -1.78. The largest absolute Gasteiger partial charge is 0.506 e. The van der Waals surface area contributed by atoms with Gasteiger partial charge >= 0.3 is 0 Å². The molecule has 0 aliphatic carbocycles. The Balaban J connectivity index is 2.87. The molecular formula is C6H6N4O. The van der Waals surface area contributed by atoms with Crippen LogP contribution in [0.3, 0.4) is 0 Å². The van der Waals surface area contributed by atoms with Gasteiger partial charge in [0.2, 0.25) is 5.95 Å². The molecule has 0 aliphatic heterocycles. The number of hydrogen-bond donors (Lipinski definition) is 2. The first-order chi connectivity index (χ1) is 5.27. The van der Waals surface area contributed by atoms with E-state index in [4.69, 9.17) is 10.8 Å². The number of pyridine rings is 1. The van der Waals surface area contributed by atoms with Gasteiger partial charge in [0.1, 0.15) is 5.75 Å². The molecule has 11 heavy (non-hydrogen) atoms. The average molecular weight is 150 g/mol. The van der Waals surface area contributed by atoms with E-state index in [0.29, 0.717) is 5.65 Å². The fraction of sp³-hybridized carbons (Fsp3) is 0. The van der Waals surface area contributed by atoms with Crippen LogP contribution in [0.2, 0.25) is 0 Å². The first kappa shape index (κ1) is 5.96. The Morgan fingerprint density at radius 1 is 1.36 bits per heavy atom. The van der Waals surface area contributed by atoms with Crippen LogP contribution in [-0.2, 0) is 0 Å². The van der Waals surface area contributed by atoms with Crippen molar-refractivity contribution >= 4 is 11.6 Å². The van der Waals surface area contributed by atoms with Gasteiger partial charge < -0.3 is 10.8 Å². The molecule has 5 heteroatoms. The molecule has 2 aromatic heterocycles. The molecule has 56 valence electrons. The third kappa shape index (κ3) is 0.778. The van der Waals surface area contributed by atoms with Crippen LogP contribution >= 0.6 is 0 Å². The first-order valence-corrected chi connectivity index (χ1v) is 3.06. The van der Waals surface area contributed by atoms with Crippen LogP contribution in [0.15, 0.2) is 18.3 Å². The van der Waals surface area contributed by atoms with Crippen molar-refractivity contribution in [3.63, 3.8) is 0 Å². The summed E-state index contributed by atoms with van der Waals surface area (Å²) in [6.07, 6.45) is 1.46. The van der Waals surface area contributed by atoms with E-state index in [1.165, 1.54) is 16.7 Å². The predicted molar refractivity (Wildman–Crippen MR) is 39.1 cm³/mol. The van der Waals surface area contributed by atoms with Crippen molar-refractivity contribution in [1.29, 1.82) is 0 Å². The fourth-order valence-corrected chi connectivity index (χ4v) is 0.897. The summed E-state index contributed by atoms with van der Waals surface area (Å²) in [5.74, 6) is 0.417. The quantitative estimate of drug-likeness (QED) is 0.555. The Morgan fingerprint density at radius 2 is 2.18 bits per heavy atom. The Kier molecular flexibility index (Phi) is 1.00. The summed E-state index contributed by atoms with van der Waals surface area (Å²) >= 11 is 0.